The minimum Gasteiger partial charge on any atom is -0.395 e. The van der Waals surface area contributed by atoms with Crippen molar-refractivity contribution in [3.05, 3.63) is 34.4 Å². The lowest BCUT2D eigenvalue weighted by atomic mass is 10.1. The maximum Gasteiger partial charge on any atom is 0.278 e. The lowest BCUT2D eigenvalue weighted by Gasteiger charge is -2.07. The van der Waals surface area contributed by atoms with Crippen molar-refractivity contribution < 1.29 is 4.79 Å². The molecule has 106 valence electrons. The highest BCUT2D eigenvalue weighted by Gasteiger charge is 2.19. The Kier molecular flexibility index (Phi) is 3.94. The second-order valence-electron chi connectivity index (χ2n) is 4.86. The Morgan fingerprint density at radius 3 is 2.80 bits per heavy atom. The van der Waals surface area contributed by atoms with Gasteiger partial charge in [0.05, 0.1) is 17.1 Å². The zero-order valence-corrected chi connectivity index (χ0v) is 12.2. The molecule has 0 bridgehead atoms. The van der Waals surface area contributed by atoms with Crippen molar-refractivity contribution in [1.82, 2.24) is 15.2 Å². The lowest BCUT2D eigenvalue weighted by Crippen LogP contribution is -2.15. The van der Waals surface area contributed by atoms with E-state index in [-0.39, 0.29) is 16.8 Å². The first kappa shape index (κ1) is 14.3. The summed E-state index contributed by atoms with van der Waals surface area (Å²) < 4.78 is 0. The first-order valence-electron chi connectivity index (χ1n) is 6.17. The average molecular weight is 294 g/mol. The maximum atomic E-state index is 12.2. The number of aryl methyl sites for hydroxylation is 1. The summed E-state index contributed by atoms with van der Waals surface area (Å²) in [5.41, 5.74) is 8.50. The summed E-state index contributed by atoms with van der Waals surface area (Å²) in [6.07, 6.45) is 1.62. The van der Waals surface area contributed by atoms with Crippen molar-refractivity contribution in [3.8, 4) is 0 Å². The van der Waals surface area contributed by atoms with Gasteiger partial charge >= 0.3 is 0 Å². The van der Waals surface area contributed by atoms with Gasteiger partial charge in [-0.3, -0.25) is 9.89 Å². The van der Waals surface area contributed by atoms with Crippen molar-refractivity contribution in [2.45, 2.75) is 26.7 Å². The highest BCUT2D eigenvalue weighted by atomic mass is 35.5. The quantitative estimate of drug-likeness (QED) is 0.758. The van der Waals surface area contributed by atoms with Crippen LogP contribution in [-0.4, -0.2) is 21.1 Å². The molecule has 1 amide bonds. The van der Waals surface area contributed by atoms with Gasteiger partial charge in [-0.25, -0.2) is 4.98 Å². The Bertz CT molecular complexity index is 650. The monoisotopic (exact) mass is 293 g/mol. The average Bonchev–Trinajstić information content (AvgIpc) is 2.76. The summed E-state index contributed by atoms with van der Waals surface area (Å²) in [4.78, 5) is 16.1. The highest BCUT2D eigenvalue weighted by molar-refractivity contribution is 6.32. The summed E-state index contributed by atoms with van der Waals surface area (Å²) >= 11 is 5.94. The number of hydrogen-bond acceptors (Lipinski definition) is 4. The summed E-state index contributed by atoms with van der Waals surface area (Å²) in [6, 6.07) is 1.74. The van der Waals surface area contributed by atoms with E-state index in [9.17, 15) is 4.79 Å². The van der Waals surface area contributed by atoms with Gasteiger partial charge in [-0.05, 0) is 24.5 Å². The smallest absolute Gasteiger partial charge is 0.278 e. The number of amides is 1. The van der Waals surface area contributed by atoms with Gasteiger partial charge in [-0.15, -0.1) is 0 Å². The molecular formula is C13H16ClN5O. The van der Waals surface area contributed by atoms with Crippen LogP contribution < -0.4 is 11.1 Å². The predicted molar refractivity (Wildman–Crippen MR) is 79.0 cm³/mol. The van der Waals surface area contributed by atoms with E-state index < -0.39 is 5.91 Å². The number of anilines is 2. The van der Waals surface area contributed by atoms with E-state index in [0.29, 0.717) is 11.4 Å². The number of nitrogen functional groups attached to an aromatic ring is 1. The van der Waals surface area contributed by atoms with Crippen LogP contribution >= 0.6 is 11.6 Å². The number of hydrogen-bond donors (Lipinski definition) is 3. The van der Waals surface area contributed by atoms with Gasteiger partial charge in [0, 0.05) is 6.20 Å². The molecule has 0 aliphatic carbocycles. The van der Waals surface area contributed by atoms with Gasteiger partial charge in [0.25, 0.3) is 5.91 Å². The third-order valence-corrected chi connectivity index (χ3v) is 3.15. The van der Waals surface area contributed by atoms with Crippen LogP contribution in [0.1, 0.15) is 41.5 Å². The molecule has 0 saturated heterocycles. The number of halogens is 1. The highest BCUT2D eigenvalue weighted by Crippen LogP contribution is 2.24. The molecule has 7 heteroatoms. The zero-order valence-electron chi connectivity index (χ0n) is 11.5. The van der Waals surface area contributed by atoms with Crippen molar-refractivity contribution in [1.29, 1.82) is 0 Å². The number of nitrogens with two attached hydrogens (primary N) is 1. The fourth-order valence-electron chi connectivity index (χ4n) is 1.80. The molecule has 20 heavy (non-hydrogen) atoms. The van der Waals surface area contributed by atoms with Crippen LogP contribution in [0.25, 0.3) is 0 Å². The van der Waals surface area contributed by atoms with Crippen molar-refractivity contribution in [2.75, 3.05) is 11.1 Å². The van der Waals surface area contributed by atoms with Gasteiger partial charge in [0.15, 0.2) is 10.8 Å². The van der Waals surface area contributed by atoms with Crippen LogP contribution in [0.5, 0.6) is 0 Å². The molecule has 0 radical (unpaired) electrons. The fourth-order valence-corrected chi connectivity index (χ4v) is 1.95. The summed E-state index contributed by atoms with van der Waals surface area (Å²) in [7, 11) is 0. The standard InChI is InChI=1S/C13H16ClN5O/c1-6(2)10-9(15)11(19-18-10)13(20)17-8-4-7(3)5-16-12(8)14/h4-6H,15H2,1-3H3,(H,17,20)(H,18,19). The number of carbonyl (C=O) groups is 1. The molecule has 2 rings (SSSR count). The van der Waals surface area contributed by atoms with Crippen molar-refractivity contribution >= 4 is 28.9 Å². The molecule has 0 atom stereocenters. The number of H-pyrrole nitrogens is 1. The van der Waals surface area contributed by atoms with Gasteiger partial charge in [0.2, 0.25) is 0 Å². The number of pyridine rings is 1. The molecule has 2 aromatic rings. The minimum atomic E-state index is -0.417. The van der Waals surface area contributed by atoms with Crippen LogP contribution in [0.4, 0.5) is 11.4 Å². The first-order chi connectivity index (χ1) is 9.40. The number of aromatic amines is 1. The van der Waals surface area contributed by atoms with E-state index in [1.54, 1.807) is 12.3 Å². The Morgan fingerprint density at radius 1 is 1.50 bits per heavy atom. The summed E-state index contributed by atoms with van der Waals surface area (Å²) in [6.45, 7) is 5.79. The Morgan fingerprint density at radius 2 is 2.20 bits per heavy atom. The van der Waals surface area contributed by atoms with E-state index in [1.807, 2.05) is 20.8 Å². The number of aromatic nitrogens is 3. The fraction of sp³-hybridized carbons (Fsp3) is 0.308. The second kappa shape index (κ2) is 5.50. The van der Waals surface area contributed by atoms with Crippen molar-refractivity contribution in [2.24, 2.45) is 0 Å². The number of rotatable bonds is 3. The van der Waals surface area contributed by atoms with Crippen LogP contribution in [-0.2, 0) is 0 Å². The molecule has 0 fully saturated rings. The first-order valence-corrected chi connectivity index (χ1v) is 6.55. The molecule has 6 nitrogen and oxygen atoms in total. The van der Waals surface area contributed by atoms with E-state index in [0.717, 1.165) is 11.3 Å². The molecule has 0 spiro atoms. The largest absolute Gasteiger partial charge is 0.395 e. The molecule has 0 saturated carbocycles. The summed E-state index contributed by atoms with van der Waals surface area (Å²) in [5, 5.41) is 9.63. The van der Waals surface area contributed by atoms with Gasteiger partial charge in [0.1, 0.15) is 0 Å². The van der Waals surface area contributed by atoms with E-state index in [1.165, 1.54) is 0 Å². The van der Waals surface area contributed by atoms with Crippen molar-refractivity contribution in [3.63, 3.8) is 0 Å². The molecule has 0 aliphatic rings. The Hall–Kier alpha value is -2.08. The van der Waals surface area contributed by atoms with Crippen LogP contribution in [0.15, 0.2) is 12.3 Å². The van der Waals surface area contributed by atoms with Crippen LogP contribution in [0.3, 0.4) is 0 Å². The topological polar surface area (TPSA) is 96.7 Å². The number of nitrogens with one attached hydrogen (secondary N) is 2. The number of carbonyl (C=O) groups excluding carboxylic acids is 1. The van der Waals surface area contributed by atoms with Crippen LogP contribution in [0, 0.1) is 6.92 Å². The van der Waals surface area contributed by atoms with Crippen LogP contribution in [0.2, 0.25) is 5.15 Å². The van der Waals surface area contributed by atoms with E-state index >= 15 is 0 Å². The summed E-state index contributed by atoms with van der Waals surface area (Å²) in [5.74, 6) is -0.256. The molecule has 4 N–H and O–H groups in total. The van der Waals surface area contributed by atoms with E-state index in [4.69, 9.17) is 17.3 Å². The number of nitrogens with zero attached hydrogens (tertiary/aromatic N) is 2. The SMILES string of the molecule is Cc1cnc(Cl)c(NC(=O)c2n[nH]c(C(C)C)c2N)c1. The zero-order chi connectivity index (χ0) is 14.9. The van der Waals surface area contributed by atoms with E-state index in [2.05, 4.69) is 20.5 Å². The molecular weight excluding hydrogens is 278 g/mol. The molecule has 0 aromatic carbocycles. The van der Waals surface area contributed by atoms with Gasteiger partial charge in [-0.2, -0.15) is 5.10 Å². The minimum absolute atomic E-state index is 0.159. The molecule has 2 aromatic heterocycles. The predicted octanol–water partition coefficient (Wildman–Crippen LogP) is 2.72. The lowest BCUT2D eigenvalue weighted by molar-refractivity contribution is 0.102. The Balaban J connectivity index is 2.26. The maximum absolute atomic E-state index is 12.2. The third kappa shape index (κ3) is 2.75. The van der Waals surface area contributed by atoms with Gasteiger partial charge < -0.3 is 11.1 Å². The third-order valence-electron chi connectivity index (χ3n) is 2.85. The molecule has 0 aliphatic heterocycles. The molecule has 0 unspecified atom stereocenters. The van der Waals surface area contributed by atoms with Gasteiger partial charge in [-0.1, -0.05) is 25.4 Å². The normalized spacial score (nSPS) is 10.8. The Labute approximate surface area is 121 Å². The molecule has 2 heterocycles. The second-order valence-corrected chi connectivity index (χ2v) is 5.22.